The molecular formula is C23H24N2O3S. The number of para-hydroxylation sites is 2. The highest BCUT2D eigenvalue weighted by molar-refractivity contribution is 8.18. The van der Waals surface area contributed by atoms with Crippen molar-refractivity contribution in [3.8, 4) is 11.5 Å². The monoisotopic (exact) mass is 408 g/mol. The Balaban J connectivity index is 1.97. The number of carbonyl (C=O) groups excluding carboxylic acids is 1. The largest absolute Gasteiger partial charge is 0.493 e. The quantitative estimate of drug-likeness (QED) is 0.475. The summed E-state index contributed by atoms with van der Waals surface area (Å²) in [7, 11) is 3.33. The van der Waals surface area contributed by atoms with E-state index in [4.69, 9.17) is 14.5 Å². The number of methoxy groups -OCH3 is 1. The van der Waals surface area contributed by atoms with Gasteiger partial charge in [0.25, 0.3) is 5.91 Å². The number of likely N-dealkylation sites (N-methyl/N-ethyl adjacent to an activating group) is 1. The number of amides is 1. The van der Waals surface area contributed by atoms with Gasteiger partial charge in [0.2, 0.25) is 0 Å². The maximum Gasteiger partial charge on any atom is 0.266 e. The number of aryl methyl sites for hydroxylation is 1. The molecule has 29 heavy (non-hydrogen) atoms. The Hall–Kier alpha value is -2.99. The first-order valence-electron chi connectivity index (χ1n) is 9.34. The fourth-order valence-electron chi connectivity index (χ4n) is 2.92. The fraction of sp³-hybridized carbons (Fsp3) is 0.217. The molecule has 1 heterocycles. The van der Waals surface area contributed by atoms with Crippen molar-refractivity contribution in [1.82, 2.24) is 4.90 Å². The smallest absolute Gasteiger partial charge is 0.266 e. The molecule has 2 aromatic rings. The van der Waals surface area contributed by atoms with E-state index < -0.39 is 0 Å². The zero-order valence-corrected chi connectivity index (χ0v) is 17.7. The van der Waals surface area contributed by atoms with Crippen molar-refractivity contribution >= 4 is 34.6 Å². The highest BCUT2D eigenvalue weighted by Crippen LogP contribution is 2.38. The molecule has 0 atom stereocenters. The summed E-state index contributed by atoms with van der Waals surface area (Å²) in [6.45, 7) is 6.13. The van der Waals surface area contributed by atoms with Gasteiger partial charge < -0.3 is 9.47 Å². The van der Waals surface area contributed by atoms with Crippen molar-refractivity contribution in [3.05, 3.63) is 71.2 Å². The van der Waals surface area contributed by atoms with Crippen LogP contribution < -0.4 is 9.47 Å². The SMILES string of the molecule is C=CCOc1c(/C=C2\SC(=Nc3ccccc3CC)N(C)C2=O)cccc1OC. The van der Waals surface area contributed by atoms with Crippen molar-refractivity contribution in [3.63, 3.8) is 0 Å². The van der Waals surface area contributed by atoms with Crippen LogP contribution >= 0.6 is 11.8 Å². The Morgan fingerprint density at radius 1 is 1.21 bits per heavy atom. The minimum absolute atomic E-state index is 0.0970. The van der Waals surface area contributed by atoms with Gasteiger partial charge in [-0.1, -0.05) is 49.9 Å². The minimum Gasteiger partial charge on any atom is -0.493 e. The Labute approximate surface area is 175 Å². The normalized spacial score (nSPS) is 16.5. The summed E-state index contributed by atoms with van der Waals surface area (Å²) in [6, 6.07) is 13.6. The molecule has 1 saturated heterocycles. The highest BCUT2D eigenvalue weighted by atomic mass is 32.2. The first kappa shape index (κ1) is 20.7. The molecular weight excluding hydrogens is 384 g/mol. The molecule has 0 aromatic heterocycles. The summed E-state index contributed by atoms with van der Waals surface area (Å²) in [5, 5.41) is 0.651. The van der Waals surface area contributed by atoms with E-state index in [9.17, 15) is 4.79 Å². The topological polar surface area (TPSA) is 51.1 Å². The highest BCUT2D eigenvalue weighted by Gasteiger charge is 2.31. The third kappa shape index (κ3) is 4.54. The molecule has 1 fully saturated rings. The lowest BCUT2D eigenvalue weighted by molar-refractivity contribution is -0.121. The molecule has 2 aromatic carbocycles. The van der Waals surface area contributed by atoms with Crippen LogP contribution in [0.5, 0.6) is 11.5 Å². The third-order valence-electron chi connectivity index (χ3n) is 4.45. The van der Waals surface area contributed by atoms with Crippen LogP contribution in [0, 0.1) is 0 Å². The molecule has 0 bridgehead atoms. The molecule has 0 saturated carbocycles. The molecule has 0 spiro atoms. The van der Waals surface area contributed by atoms with Crippen LogP contribution in [-0.2, 0) is 11.2 Å². The van der Waals surface area contributed by atoms with Crippen molar-refractivity contribution in [1.29, 1.82) is 0 Å². The average Bonchev–Trinajstić information content (AvgIpc) is 3.00. The summed E-state index contributed by atoms with van der Waals surface area (Å²) < 4.78 is 11.2. The van der Waals surface area contributed by atoms with Crippen LogP contribution in [0.25, 0.3) is 6.08 Å². The number of benzene rings is 2. The first-order valence-corrected chi connectivity index (χ1v) is 10.2. The van der Waals surface area contributed by atoms with E-state index in [1.165, 1.54) is 11.8 Å². The number of hydrogen-bond donors (Lipinski definition) is 0. The maximum atomic E-state index is 12.8. The lowest BCUT2D eigenvalue weighted by Gasteiger charge is -2.12. The van der Waals surface area contributed by atoms with Gasteiger partial charge in [0.1, 0.15) is 6.61 Å². The lowest BCUT2D eigenvalue weighted by atomic mass is 10.1. The zero-order valence-electron chi connectivity index (χ0n) is 16.8. The summed E-state index contributed by atoms with van der Waals surface area (Å²) in [6.07, 6.45) is 4.37. The predicted octanol–water partition coefficient (Wildman–Crippen LogP) is 5.06. The number of amidine groups is 1. The Kier molecular flexibility index (Phi) is 6.77. The van der Waals surface area contributed by atoms with Gasteiger partial charge in [-0.25, -0.2) is 4.99 Å². The van der Waals surface area contributed by atoms with E-state index in [1.807, 2.05) is 42.5 Å². The lowest BCUT2D eigenvalue weighted by Crippen LogP contribution is -2.23. The molecule has 0 aliphatic carbocycles. The molecule has 3 rings (SSSR count). The Bertz CT molecular complexity index is 982. The van der Waals surface area contributed by atoms with Gasteiger partial charge in [-0.05, 0) is 42.0 Å². The number of nitrogens with zero attached hydrogens (tertiary/aromatic N) is 2. The fourth-order valence-corrected chi connectivity index (χ4v) is 3.89. The van der Waals surface area contributed by atoms with E-state index in [1.54, 1.807) is 25.1 Å². The zero-order chi connectivity index (χ0) is 20.8. The van der Waals surface area contributed by atoms with Crippen molar-refractivity contribution in [2.45, 2.75) is 13.3 Å². The molecule has 150 valence electrons. The Morgan fingerprint density at radius 3 is 2.72 bits per heavy atom. The standard InChI is InChI=1S/C23H24N2O3S/c1-5-14-28-21-17(11-9-13-19(21)27-4)15-20-22(26)25(3)23(29-20)24-18-12-8-7-10-16(18)6-2/h5,7-13,15H,1,6,14H2,2-4H3/b20-15-,24-23?. The Morgan fingerprint density at radius 2 is 2.00 bits per heavy atom. The van der Waals surface area contributed by atoms with Crippen LogP contribution in [0.2, 0.25) is 0 Å². The number of aliphatic imine (C=N–C) groups is 1. The van der Waals surface area contributed by atoms with E-state index in [0.717, 1.165) is 23.2 Å². The van der Waals surface area contributed by atoms with E-state index in [-0.39, 0.29) is 5.91 Å². The van der Waals surface area contributed by atoms with Gasteiger partial charge in [0, 0.05) is 12.6 Å². The number of thioether (sulfide) groups is 1. The molecule has 1 amide bonds. The summed E-state index contributed by atoms with van der Waals surface area (Å²) in [4.78, 5) is 19.7. The second-order valence-electron chi connectivity index (χ2n) is 6.33. The molecule has 5 nitrogen and oxygen atoms in total. The summed E-state index contributed by atoms with van der Waals surface area (Å²) >= 11 is 1.35. The van der Waals surface area contributed by atoms with Crippen molar-refractivity contribution < 1.29 is 14.3 Å². The number of carbonyl (C=O) groups is 1. The van der Waals surface area contributed by atoms with Crippen LogP contribution in [0.4, 0.5) is 5.69 Å². The van der Waals surface area contributed by atoms with Gasteiger partial charge in [-0.2, -0.15) is 0 Å². The van der Waals surface area contributed by atoms with Crippen LogP contribution in [-0.4, -0.2) is 36.7 Å². The summed E-state index contributed by atoms with van der Waals surface area (Å²) in [5.41, 5.74) is 2.80. The van der Waals surface area contributed by atoms with Crippen molar-refractivity contribution in [2.24, 2.45) is 4.99 Å². The molecule has 6 heteroatoms. The second kappa shape index (κ2) is 9.47. The molecule has 0 N–H and O–H groups in total. The summed E-state index contributed by atoms with van der Waals surface area (Å²) in [5.74, 6) is 1.09. The van der Waals surface area contributed by atoms with Gasteiger partial charge in [0.15, 0.2) is 16.7 Å². The maximum absolute atomic E-state index is 12.8. The molecule has 1 aliphatic rings. The van der Waals surface area contributed by atoms with Gasteiger partial charge >= 0.3 is 0 Å². The van der Waals surface area contributed by atoms with Gasteiger partial charge in [-0.3, -0.25) is 9.69 Å². The molecule has 0 radical (unpaired) electrons. The van der Waals surface area contributed by atoms with Crippen LogP contribution in [0.15, 0.2) is 65.0 Å². The van der Waals surface area contributed by atoms with Gasteiger partial charge in [0.05, 0.1) is 17.7 Å². The van der Waals surface area contributed by atoms with Crippen molar-refractivity contribution in [2.75, 3.05) is 20.8 Å². The molecule has 1 aliphatic heterocycles. The van der Waals surface area contributed by atoms with E-state index >= 15 is 0 Å². The predicted molar refractivity (Wildman–Crippen MR) is 120 cm³/mol. The van der Waals surface area contributed by atoms with Crippen LogP contribution in [0.1, 0.15) is 18.1 Å². The van der Waals surface area contributed by atoms with E-state index in [0.29, 0.717) is 28.2 Å². The molecule has 0 unspecified atom stereocenters. The number of ether oxygens (including phenoxy) is 2. The average molecular weight is 409 g/mol. The first-order chi connectivity index (χ1) is 14.1. The third-order valence-corrected chi connectivity index (χ3v) is 5.51. The van der Waals surface area contributed by atoms with Crippen LogP contribution in [0.3, 0.4) is 0 Å². The second-order valence-corrected chi connectivity index (χ2v) is 7.34. The van der Waals surface area contributed by atoms with Gasteiger partial charge in [-0.15, -0.1) is 0 Å². The number of rotatable bonds is 7. The number of hydrogen-bond acceptors (Lipinski definition) is 5. The van der Waals surface area contributed by atoms with E-state index in [2.05, 4.69) is 19.6 Å². The minimum atomic E-state index is -0.0970.